The quantitative estimate of drug-likeness (QED) is 0.552. The highest BCUT2D eigenvalue weighted by Crippen LogP contribution is 2.19. The predicted octanol–water partition coefficient (Wildman–Crippen LogP) is 1.33. The van der Waals surface area contributed by atoms with Gasteiger partial charge in [-0.3, -0.25) is 14.4 Å². The molecule has 0 spiro atoms. The molecule has 23 heavy (non-hydrogen) atoms. The van der Waals surface area contributed by atoms with Crippen LogP contribution in [0.2, 0.25) is 0 Å². The van der Waals surface area contributed by atoms with Gasteiger partial charge in [0.15, 0.2) is 0 Å². The minimum absolute atomic E-state index is 0.0170. The summed E-state index contributed by atoms with van der Waals surface area (Å²) in [6.45, 7) is 0. The number of hydrogen-bond donors (Lipinski definition) is 2. The number of benzene rings is 1. The van der Waals surface area contributed by atoms with Crippen LogP contribution in [0.1, 0.15) is 37.3 Å². The van der Waals surface area contributed by atoms with Crippen molar-refractivity contribution in [3.63, 3.8) is 0 Å². The van der Waals surface area contributed by atoms with E-state index in [0.717, 1.165) is 5.56 Å². The molecule has 0 aliphatic rings. The third-order valence-corrected chi connectivity index (χ3v) is 3.28. The number of nitrogens with two attached hydrogens (primary N) is 1. The van der Waals surface area contributed by atoms with Crippen LogP contribution in [0, 0.1) is 0 Å². The highest BCUT2D eigenvalue weighted by atomic mass is 16.5. The third kappa shape index (κ3) is 6.82. The zero-order valence-electron chi connectivity index (χ0n) is 13.3. The Kier molecular flexibility index (Phi) is 7.59. The highest BCUT2D eigenvalue weighted by molar-refractivity contribution is 5.78. The fourth-order valence-corrected chi connectivity index (χ4v) is 1.99. The molecule has 7 heteroatoms. The Morgan fingerprint density at radius 2 is 1.65 bits per heavy atom. The fourth-order valence-electron chi connectivity index (χ4n) is 1.99. The van der Waals surface area contributed by atoms with Crippen LogP contribution in [-0.2, 0) is 23.9 Å². The molecule has 0 saturated heterocycles. The smallest absolute Gasteiger partial charge is 0.307 e. The van der Waals surface area contributed by atoms with Crippen LogP contribution in [0.4, 0.5) is 5.69 Å². The first kappa shape index (κ1) is 18.5. The molecule has 0 aromatic heterocycles. The molecule has 7 nitrogen and oxygen atoms in total. The molecule has 1 aromatic carbocycles. The van der Waals surface area contributed by atoms with Crippen molar-refractivity contribution in [2.45, 2.75) is 31.7 Å². The molecule has 126 valence electrons. The van der Waals surface area contributed by atoms with Crippen LogP contribution in [0.15, 0.2) is 24.3 Å². The number of rotatable bonds is 8. The molecule has 0 heterocycles. The summed E-state index contributed by atoms with van der Waals surface area (Å²) in [5.41, 5.74) is 6.99. The summed E-state index contributed by atoms with van der Waals surface area (Å²) < 4.78 is 9.18. The zero-order chi connectivity index (χ0) is 17.2. The normalized spacial score (nSPS) is 11.4. The molecule has 0 radical (unpaired) electrons. The van der Waals surface area contributed by atoms with Crippen molar-refractivity contribution >= 4 is 23.5 Å². The molecule has 1 amide bonds. The summed E-state index contributed by atoms with van der Waals surface area (Å²) in [7, 11) is 2.59. The van der Waals surface area contributed by atoms with Crippen molar-refractivity contribution in [3.8, 4) is 0 Å². The SMILES string of the molecule is COC(=O)CCCC(=O)NC(CC(=O)OC)c1ccc(N)cc1. The molecule has 0 saturated carbocycles. The average Bonchev–Trinajstić information content (AvgIpc) is 2.54. The molecule has 1 aromatic rings. The molecular weight excluding hydrogens is 300 g/mol. The first-order valence-electron chi connectivity index (χ1n) is 7.24. The van der Waals surface area contributed by atoms with Gasteiger partial charge in [-0.1, -0.05) is 12.1 Å². The van der Waals surface area contributed by atoms with E-state index in [1.54, 1.807) is 24.3 Å². The maximum Gasteiger partial charge on any atom is 0.307 e. The van der Waals surface area contributed by atoms with E-state index in [-0.39, 0.29) is 31.1 Å². The number of carbonyl (C=O) groups is 3. The second-order valence-electron chi connectivity index (χ2n) is 5.00. The van der Waals surface area contributed by atoms with Crippen LogP contribution in [0.5, 0.6) is 0 Å². The number of esters is 2. The van der Waals surface area contributed by atoms with Gasteiger partial charge in [-0.25, -0.2) is 0 Å². The summed E-state index contributed by atoms with van der Waals surface area (Å²) in [6.07, 6.45) is 0.740. The lowest BCUT2D eigenvalue weighted by atomic mass is 10.0. The topological polar surface area (TPSA) is 108 Å². The number of nitrogen functional groups attached to an aromatic ring is 1. The van der Waals surface area contributed by atoms with Crippen molar-refractivity contribution in [2.75, 3.05) is 20.0 Å². The largest absolute Gasteiger partial charge is 0.469 e. The Labute approximate surface area is 135 Å². The first-order valence-corrected chi connectivity index (χ1v) is 7.24. The third-order valence-electron chi connectivity index (χ3n) is 3.28. The average molecular weight is 322 g/mol. The molecule has 1 atom stereocenters. The summed E-state index contributed by atoms with van der Waals surface area (Å²) in [5.74, 6) is -1.04. The van der Waals surface area contributed by atoms with Crippen LogP contribution >= 0.6 is 0 Å². The molecule has 0 aliphatic carbocycles. The standard InChI is InChI=1S/C16H22N2O5/c1-22-15(20)5-3-4-14(19)18-13(10-16(21)23-2)11-6-8-12(17)9-7-11/h6-9,13H,3-5,10,17H2,1-2H3,(H,18,19). The van der Waals surface area contributed by atoms with E-state index in [1.165, 1.54) is 14.2 Å². The minimum Gasteiger partial charge on any atom is -0.469 e. The number of amides is 1. The molecule has 1 rings (SSSR count). The molecular formula is C16H22N2O5. The Morgan fingerprint density at radius 1 is 1.04 bits per heavy atom. The van der Waals surface area contributed by atoms with Crippen LogP contribution < -0.4 is 11.1 Å². The van der Waals surface area contributed by atoms with E-state index in [9.17, 15) is 14.4 Å². The second kappa shape index (κ2) is 9.45. The molecule has 3 N–H and O–H groups in total. The lowest BCUT2D eigenvalue weighted by Gasteiger charge is -2.18. The number of nitrogens with one attached hydrogen (secondary N) is 1. The predicted molar refractivity (Wildman–Crippen MR) is 84.2 cm³/mol. The van der Waals surface area contributed by atoms with E-state index in [0.29, 0.717) is 12.1 Å². The van der Waals surface area contributed by atoms with Gasteiger partial charge in [0.1, 0.15) is 0 Å². The Hall–Kier alpha value is -2.57. The lowest BCUT2D eigenvalue weighted by Crippen LogP contribution is -2.30. The van der Waals surface area contributed by atoms with E-state index < -0.39 is 12.0 Å². The summed E-state index contributed by atoms with van der Waals surface area (Å²) in [6, 6.07) is 6.38. The Balaban J connectivity index is 2.65. The summed E-state index contributed by atoms with van der Waals surface area (Å²) in [4.78, 5) is 34.5. The number of methoxy groups -OCH3 is 2. The maximum atomic E-state index is 12.0. The van der Waals surface area contributed by atoms with E-state index >= 15 is 0 Å². The zero-order valence-corrected chi connectivity index (χ0v) is 13.3. The van der Waals surface area contributed by atoms with Gasteiger partial charge in [0.05, 0.1) is 26.7 Å². The van der Waals surface area contributed by atoms with Crippen molar-refractivity contribution in [1.82, 2.24) is 5.32 Å². The van der Waals surface area contributed by atoms with Crippen LogP contribution in [0.3, 0.4) is 0 Å². The number of hydrogen-bond acceptors (Lipinski definition) is 6. The van der Waals surface area contributed by atoms with Gasteiger partial charge in [0, 0.05) is 18.5 Å². The molecule has 0 bridgehead atoms. The molecule has 1 unspecified atom stereocenters. The maximum absolute atomic E-state index is 12.0. The number of carbonyl (C=O) groups excluding carboxylic acids is 3. The van der Waals surface area contributed by atoms with E-state index in [2.05, 4.69) is 14.8 Å². The van der Waals surface area contributed by atoms with Crippen LogP contribution in [-0.4, -0.2) is 32.1 Å². The van der Waals surface area contributed by atoms with E-state index in [1.807, 2.05) is 0 Å². The van der Waals surface area contributed by atoms with Gasteiger partial charge < -0.3 is 20.5 Å². The second-order valence-corrected chi connectivity index (χ2v) is 5.00. The van der Waals surface area contributed by atoms with Crippen molar-refractivity contribution < 1.29 is 23.9 Å². The van der Waals surface area contributed by atoms with Crippen LogP contribution in [0.25, 0.3) is 0 Å². The number of ether oxygens (including phenoxy) is 2. The molecule has 0 fully saturated rings. The summed E-state index contributed by atoms with van der Waals surface area (Å²) in [5, 5.41) is 2.78. The van der Waals surface area contributed by atoms with Gasteiger partial charge in [-0.15, -0.1) is 0 Å². The monoisotopic (exact) mass is 322 g/mol. The lowest BCUT2D eigenvalue weighted by molar-refractivity contribution is -0.141. The Bertz CT molecular complexity index is 542. The van der Waals surface area contributed by atoms with Crippen molar-refractivity contribution in [1.29, 1.82) is 0 Å². The highest BCUT2D eigenvalue weighted by Gasteiger charge is 2.19. The van der Waals surface area contributed by atoms with Gasteiger partial charge in [-0.2, -0.15) is 0 Å². The van der Waals surface area contributed by atoms with Gasteiger partial charge in [0.25, 0.3) is 0 Å². The number of anilines is 1. The Morgan fingerprint density at radius 3 is 2.22 bits per heavy atom. The van der Waals surface area contributed by atoms with Gasteiger partial charge >= 0.3 is 11.9 Å². The minimum atomic E-state index is -0.506. The first-order chi connectivity index (χ1) is 11.0. The van der Waals surface area contributed by atoms with Gasteiger partial charge in [0.2, 0.25) is 5.91 Å². The van der Waals surface area contributed by atoms with Crippen molar-refractivity contribution in [2.24, 2.45) is 0 Å². The van der Waals surface area contributed by atoms with E-state index in [4.69, 9.17) is 5.73 Å². The van der Waals surface area contributed by atoms with Gasteiger partial charge in [-0.05, 0) is 24.1 Å². The van der Waals surface area contributed by atoms with Crippen molar-refractivity contribution in [3.05, 3.63) is 29.8 Å². The molecule has 0 aliphatic heterocycles. The fraction of sp³-hybridized carbons (Fsp3) is 0.438. The summed E-state index contributed by atoms with van der Waals surface area (Å²) >= 11 is 0.